The molecule has 4 heteroatoms. The van der Waals surface area contributed by atoms with E-state index in [0.717, 1.165) is 16.5 Å². The van der Waals surface area contributed by atoms with E-state index in [1.165, 1.54) is 11.6 Å². The van der Waals surface area contributed by atoms with Crippen molar-refractivity contribution in [2.75, 3.05) is 5.75 Å². The largest absolute Gasteiger partial charge is 0.358 e. The maximum atomic E-state index is 13.3. The van der Waals surface area contributed by atoms with E-state index in [0.29, 0.717) is 0 Å². The van der Waals surface area contributed by atoms with Crippen molar-refractivity contribution in [3.8, 4) is 0 Å². The van der Waals surface area contributed by atoms with E-state index in [1.807, 2.05) is 31.2 Å². The molecular formula is C17H17FN2S. The van der Waals surface area contributed by atoms with Gasteiger partial charge in [0, 0.05) is 5.75 Å². The number of amidine groups is 1. The normalized spacial score (nSPS) is 19.1. The Morgan fingerprint density at radius 2 is 2.00 bits per heavy atom. The standard InChI is InChI=1S/C17H17FN2S/c1-12(14-8-5-9-15(18)10-14)19-17-20-16(11-21-17)13-6-3-2-4-7-13/h2-10,12,16H,11H2,1H3,(H,19,20). The second-order valence-corrected chi connectivity index (χ2v) is 6.10. The molecule has 0 spiro atoms. The van der Waals surface area contributed by atoms with E-state index in [1.54, 1.807) is 23.9 Å². The van der Waals surface area contributed by atoms with Gasteiger partial charge in [-0.3, -0.25) is 4.99 Å². The molecule has 2 aromatic rings. The Kier molecular flexibility index (Phi) is 4.25. The fourth-order valence-corrected chi connectivity index (χ4v) is 3.39. The predicted octanol–water partition coefficient (Wildman–Crippen LogP) is 4.32. The molecule has 1 aliphatic heterocycles. The molecule has 0 radical (unpaired) electrons. The van der Waals surface area contributed by atoms with Crippen LogP contribution in [0.3, 0.4) is 0 Å². The third kappa shape index (κ3) is 3.45. The van der Waals surface area contributed by atoms with Crippen LogP contribution < -0.4 is 5.32 Å². The van der Waals surface area contributed by atoms with Crippen LogP contribution in [0.4, 0.5) is 4.39 Å². The van der Waals surface area contributed by atoms with Crippen LogP contribution in [0.5, 0.6) is 0 Å². The molecule has 3 rings (SSSR count). The number of nitrogens with one attached hydrogen (secondary N) is 1. The highest BCUT2D eigenvalue weighted by atomic mass is 32.2. The number of hydrogen-bond donors (Lipinski definition) is 1. The lowest BCUT2D eigenvalue weighted by Gasteiger charge is -2.14. The first kappa shape index (κ1) is 14.1. The van der Waals surface area contributed by atoms with Crippen molar-refractivity contribution in [1.29, 1.82) is 0 Å². The van der Waals surface area contributed by atoms with Gasteiger partial charge in [-0.05, 0) is 30.2 Å². The second kappa shape index (κ2) is 6.31. The Morgan fingerprint density at radius 3 is 2.76 bits per heavy atom. The molecule has 1 heterocycles. The average Bonchev–Trinajstić information content (AvgIpc) is 2.97. The van der Waals surface area contributed by atoms with Crippen molar-refractivity contribution in [3.05, 3.63) is 71.5 Å². The Balaban J connectivity index is 1.68. The lowest BCUT2D eigenvalue weighted by molar-refractivity contribution is 0.618. The van der Waals surface area contributed by atoms with Crippen molar-refractivity contribution in [3.63, 3.8) is 0 Å². The number of halogens is 1. The van der Waals surface area contributed by atoms with E-state index in [2.05, 4.69) is 17.4 Å². The van der Waals surface area contributed by atoms with Gasteiger partial charge in [0.25, 0.3) is 0 Å². The van der Waals surface area contributed by atoms with Gasteiger partial charge in [-0.1, -0.05) is 54.2 Å². The van der Waals surface area contributed by atoms with Gasteiger partial charge in [0.15, 0.2) is 5.17 Å². The Labute approximate surface area is 128 Å². The predicted molar refractivity (Wildman–Crippen MR) is 87.0 cm³/mol. The molecule has 2 unspecified atom stereocenters. The Morgan fingerprint density at radius 1 is 1.19 bits per heavy atom. The lowest BCUT2D eigenvalue weighted by Crippen LogP contribution is -2.23. The Bertz CT molecular complexity index is 642. The molecule has 0 amide bonds. The van der Waals surface area contributed by atoms with Crippen LogP contribution in [0.1, 0.15) is 30.1 Å². The van der Waals surface area contributed by atoms with Crippen LogP contribution in [0, 0.1) is 5.82 Å². The molecule has 0 fully saturated rings. The molecule has 108 valence electrons. The van der Waals surface area contributed by atoms with Gasteiger partial charge in [-0.25, -0.2) is 4.39 Å². The van der Waals surface area contributed by atoms with Crippen LogP contribution in [0.25, 0.3) is 0 Å². The summed E-state index contributed by atoms with van der Waals surface area (Å²) < 4.78 is 13.3. The van der Waals surface area contributed by atoms with E-state index >= 15 is 0 Å². The van der Waals surface area contributed by atoms with Crippen molar-refractivity contribution >= 4 is 16.9 Å². The first-order chi connectivity index (χ1) is 10.2. The molecule has 2 aromatic carbocycles. The van der Waals surface area contributed by atoms with E-state index in [9.17, 15) is 4.39 Å². The number of hydrogen-bond acceptors (Lipinski definition) is 3. The van der Waals surface area contributed by atoms with Gasteiger partial charge >= 0.3 is 0 Å². The smallest absolute Gasteiger partial charge is 0.157 e. The molecule has 0 saturated heterocycles. The van der Waals surface area contributed by atoms with Gasteiger partial charge in [0.2, 0.25) is 0 Å². The van der Waals surface area contributed by atoms with Gasteiger partial charge < -0.3 is 5.32 Å². The minimum absolute atomic E-state index is 0.0430. The summed E-state index contributed by atoms with van der Waals surface area (Å²) in [6.07, 6.45) is 0. The molecular weight excluding hydrogens is 283 g/mol. The van der Waals surface area contributed by atoms with Crippen LogP contribution >= 0.6 is 11.8 Å². The maximum Gasteiger partial charge on any atom is 0.157 e. The SMILES string of the molecule is CC(NC1=NC(c2ccccc2)CS1)c1cccc(F)c1. The summed E-state index contributed by atoms with van der Waals surface area (Å²) in [5, 5.41) is 4.30. The third-order valence-electron chi connectivity index (χ3n) is 3.52. The van der Waals surface area contributed by atoms with Gasteiger partial charge in [0.1, 0.15) is 5.82 Å². The molecule has 2 nitrogen and oxygen atoms in total. The summed E-state index contributed by atoms with van der Waals surface area (Å²) in [5.41, 5.74) is 2.17. The first-order valence-corrected chi connectivity index (χ1v) is 7.98. The highest BCUT2D eigenvalue weighted by Crippen LogP contribution is 2.30. The zero-order valence-electron chi connectivity index (χ0n) is 11.8. The van der Waals surface area contributed by atoms with E-state index in [-0.39, 0.29) is 17.9 Å². The molecule has 0 aliphatic carbocycles. The van der Waals surface area contributed by atoms with Crippen molar-refractivity contribution in [2.45, 2.75) is 19.0 Å². The van der Waals surface area contributed by atoms with Crippen LogP contribution in [-0.4, -0.2) is 10.9 Å². The first-order valence-electron chi connectivity index (χ1n) is 7.00. The monoisotopic (exact) mass is 300 g/mol. The average molecular weight is 300 g/mol. The fraction of sp³-hybridized carbons (Fsp3) is 0.235. The van der Waals surface area contributed by atoms with Gasteiger partial charge in [-0.15, -0.1) is 0 Å². The quantitative estimate of drug-likeness (QED) is 0.913. The van der Waals surface area contributed by atoms with Crippen molar-refractivity contribution in [1.82, 2.24) is 5.32 Å². The lowest BCUT2D eigenvalue weighted by atomic mass is 10.1. The van der Waals surface area contributed by atoms with Gasteiger partial charge in [-0.2, -0.15) is 0 Å². The van der Waals surface area contributed by atoms with Crippen molar-refractivity contribution < 1.29 is 4.39 Å². The number of thioether (sulfide) groups is 1. The highest BCUT2D eigenvalue weighted by Gasteiger charge is 2.21. The molecule has 1 N–H and O–H groups in total. The minimum Gasteiger partial charge on any atom is -0.358 e. The summed E-state index contributed by atoms with van der Waals surface area (Å²) in [4.78, 5) is 4.72. The zero-order valence-corrected chi connectivity index (χ0v) is 12.6. The third-order valence-corrected chi connectivity index (χ3v) is 4.50. The Hall–Kier alpha value is -1.81. The van der Waals surface area contributed by atoms with Crippen LogP contribution in [0.2, 0.25) is 0 Å². The molecule has 1 aliphatic rings. The van der Waals surface area contributed by atoms with Crippen molar-refractivity contribution in [2.24, 2.45) is 4.99 Å². The summed E-state index contributed by atoms with van der Waals surface area (Å²) >= 11 is 1.72. The number of rotatable bonds is 3. The van der Waals surface area contributed by atoms with E-state index in [4.69, 9.17) is 4.99 Å². The maximum absolute atomic E-state index is 13.3. The topological polar surface area (TPSA) is 24.4 Å². The van der Waals surface area contributed by atoms with Crippen LogP contribution in [-0.2, 0) is 0 Å². The molecule has 21 heavy (non-hydrogen) atoms. The molecule has 2 atom stereocenters. The number of benzene rings is 2. The van der Waals surface area contributed by atoms with E-state index < -0.39 is 0 Å². The van der Waals surface area contributed by atoms with Gasteiger partial charge in [0.05, 0.1) is 12.1 Å². The summed E-state index contributed by atoms with van der Waals surface area (Å²) in [5.74, 6) is 0.742. The summed E-state index contributed by atoms with van der Waals surface area (Å²) in [7, 11) is 0. The summed E-state index contributed by atoms with van der Waals surface area (Å²) in [6, 6.07) is 17.2. The molecule has 0 bridgehead atoms. The number of nitrogens with zero attached hydrogens (tertiary/aromatic N) is 1. The second-order valence-electron chi connectivity index (χ2n) is 5.09. The molecule has 0 saturated carbocycles. The number of aliphatic imine (C=N–C) groups is 1. The van der Waals surface area contributed by atoms with Crippen LogP contribution in [0.15, 0.2) is 59.6 Å². The minimum atomic E-state index is -0.204. The highest BCUT2D eigenvalue weighted by molar-refractivity contribution is 8.14. The summed E-state index contributed by atoms with van der Waals surface area (Å²) in [6.45, 7) is 2.02. The zero-order chi connectivity index (χ0) is 14.7. The fourth-order valence-electron chi connectivity index (χ4n) is 2.34. The molecule has 0 aromatic heterocycles.